The third-order valence-electron chi connectivity index (χ3n) is 12.8. The first-order valence-corrected chi connectivity index (χ1v) is 19.3. The molecule has 0 nitrogen and oxygen atoms in total. The van der Waals surface area contributed by atoms with Crippen LogP contribution in [0.3, 0.4) is 0 Å². The van der Waals surface area contributed by atoms with Crippen molar-refractivity contribution in [1.82, 2.24) is 0 Å². The molecule has 2 aliphatic rings. The Balaban J connectivity index is 1.32. The molecule has 0 heteroatoms. The number of rotatable bonds is 3. The average molecular weight is 689 g/mol. The molecular formula is C54H40. The van der Waals surface area contributed by atoms with E-state index in [2.05, 4.69) is 198 Å². The molecule has 0 atom stereocenters. The predicted octanol–water partition coefficient (Wildman–Crippen LogP) is 14.8. The maximum Gasteiger partial charge on any atom is 0.0159 e. The molecule has 0 unspecified atom stereocenters. The molecule has 0 saturated carbocycles. The summed E-state index contributed by atoms with van der Waals surface area (Å²) in [5.41, 5.74) is 18.4. The van der Waals surface area contributed by atoms with Gasteiger partial charge in [0, 0.05) is 10.8 Å². The fraction of sp³-hybridized carbons (Fsp3) is 0.111. The van der Waals surface area contributed by atoms with Crippen LogP contribution in [0.15, 0.2) is 170 Å². The summed E-state index contributed by atoms with van der Waals surface area (Å²) < 4.78 is 0. The second-order valence-corrected chi connectivity index (χ2v) is 16.5. The van der Waals surface area contributed by atoms with E-state index in [9.17, 15) is 0 Å². The molecule has 0 spiro atoms. The second kappa shape index (κ2) is 11.1. The molecule has 0 amide bonds. The quantitative estimate of drug-likeness (QED) is 0.162. The van der Waals surface area contributed by atoms with Gasteiger partial charge in [-0.2, -0.15) is 0 Å². The van der Waals surface area contributed by atoms with Crippen molar-refractivity contribution >= 4 is 32.3 Å². The highest BCUT2D eigenvalue weighted by Crippen LogP contribution is 2.56. The second-order valence-electron chi connectivity index (χ2n) is 16.5. The van der Waals surface area contributed by atoms with E-state index in [0.717, 1.165) is 0 Å². The minimum Gasteiger partial charge on any atom is -0.0622 e. The van der Waals surface area contributed by atoms with Crippen molar-refractivity contribution < 1.29 is 0 Å². The zero-order valence-electron chi connectivity index (χ0n) is 31.2. The van der Waals surface area contributed by atoms with Gasteiger partial charge < -0.3 is 0 Å². The van der Waals surface area contributed by atoms with Crippen molar-refractivity contribution in [3.05, 3.63) is 192 Å². The fourth-order valence-electron chi connectivity index (χ4n) is 10.0. The van der Waals surface area contributed by atoms with Gasteiger partial charge in [-0.3, -0.25) is 0 Å². The lowest BCUT2D eigenvalue weighted by Crippen LogP contribution is -2.15. The molecule has 0 heterocycles. The van der Waals surface area contributed by atoms with Crippen molar-refractivity contribution in [2.45, 2.75) is 38.5 Å². The summed E-state index contributed by atoms with van der Waals surface area (Å²) in [4.78, 5) is 0. The molecule has 0 N–H and O–H groups in total. The van der Waals surface area contributed by atoms with E-state index in [1.165, 1.54) is 110 Å². The number of benzene rings is 9. The van der Waals surface area contributed by atoms with E-state index in [1.54, 1.807) is 0 Å². The molecule has 9 aromatic carbocycles. The zero-order chi connectivity index (χ0) is 36.3. The molecule has 0 saturated heterocycles. The van der Waals surface area contributed by atoms with Crippen LogP contribution in [0.25, 0.3) is 88.0 Å². The van der Waals surface area contributed by atoms with Crippen LogP contribution in [-0.4, -0.2) is 0 Å². The van der Waals surface area contributed by atoms with Gasteiger partial charge in [0.25, 0.3) is 0 Å². The van der Waals surface area contributed by atoms with Gasteiger partial charge in [0.1, 0.15) is 0 Å². The largest absolute Gasteiger partial charge is 0.0622 e. The van der Waals surface area contributed by atoms with Crippen molar-refractivity contribution in [2.75, 3.05) is 0 Å². The molecule has 9 aromatic rings. The number of fused-ring (bicyclic) bond motifs is 9. The van der Waals surface area contributed by atoms with Crippen molar-refractivity contribution in [1.29, 1.82) is 0 Å². The van der Waals surface area contributed by atoms with Crippen LogP contribution >= 0.6 is 0 Å². The fourth-order valence-corrected chi connectivity index (χ4v) is 10.0. The predicted molar refractivity (Wildman–Crippen MR) is 230 cm³/mol. The van der Waals surface area contributed by atoms with E-state index < -0.39 is 0 Å². The van der Waals surface area contributed by atoms with Crippen LogP contribution in [0.1, 0.15) is 49.9 Å². The molecule has 2 aliphatic carbocycles. The molecular weight excluding hydrogens is 649 g/mol. The van der Waals surface area contributed by atoms with Crippen LogP contribution < -0.4 is 0 Å². The Bertz CT molecular complexity index is 2890. The van der Waals surface area contributed by atoms with Gasteiger partial charge >= 0.3 is 0 Å². The SMILES string of the molecule is CC1(C)c2ccccc2-c2cc3c(-c4ccc(-c5ccccc5)cc4)c4cc5c(cc4c(-c4ccc6ccccc6c4)c3cc21)C(C)(C)c1ccccc1-5. The van der Waals surface area contributed by atoms with Crippen LogP contribution in [0.2, 0.25) is 0 Å². The topological polar surface area (TPSA) is 0 Å². The van der Waals surface area contributed by atoms with E-state index in [1.807, 2.05) is 0 Å². The van der Waals surface area contributed by atoms with E-state index in [0.29, 0.717) is 0 Å². The van der Waals surface area contributed by atoms with Gasteiger partial charge in [0.2, 0.25) is 0 Å². The lowest BCUT2D eigenvalue weighted by atomic mass is 9.77. The summed E-state index contributed by atoms with van der Waals surface area (Å²) in [6, 6.07) is 64.1. The number of hydrogen-bond acceptors (Lipinski definition) is 0. The highest BCUT2D eigenvalue weighted by atomic mass is 14.4. The first-order chi connectivity index (χ1) is 26.3. The molecule has 0 aromatic heterocycles. The maximum absolute atomic E-state index is 2.56. The highest BCUT2D eigenvalue weighted by Gasteiger charge is 2.38. The molecule has 0 aliphatic heterocycles. The lowest BCUT2D eigenvalue weighted by molar-refractivity contribution is 0.661. The van der Waals surface area contributed by atoms with Crippen molar-refractivity contribution in [3.63, 3.8) is 0 Å². The van der Waals surface area contributed by atoms with Gasteiger partial charge in [0.05, 0.1) is 0 Å². The first-order valence-electron chi connectivity index (χ1n) is 19.3. The van der Waals surface area contributed by atoms with Crippen LogP contribution in [0.5, 0.6) is 0 Å². The molecule has 0 bridgehead atoms. The monoisotopic (exact) mass is 688 g/mol. The third kappa shape index (κ3) is 4.32. The Labute approximate surface area is 317 Å². The Morgan fingerprint density at radius 2 is 0.704 bits per heavy atom. The molecule has 54 heavy (non-hydrogen) atoms. The number of hydrogen-bond donors (Lipinski definition) is 0. The summed E-state index contributed by atoms with van der Waals surface area (Å²) in [5.74, 6) is 0. The summed E-state index contributed by atoms with van der Waals surface area (Å²) >= 11 is 0. The minimum atomic E-state index is -0.116. The third-order valence-corrected chi connectivity index (χ3v) is 12.8. The van der Waals surface area contributed by atoms with E-state index in [4.69, 9.17) is 0 Å². The van der Waals surface area contributed by atoms with Gasteiger partial charge in [-0.05, 0) is 141 Å². The zero-order valence-corrected chi connectivity index (χ0v) is 31.2. The van der Waals surface area contributed by atoms with Crippen LogP contribution in [0.4, 0.5) is 0 Å². The normalized spacial score (nSPS) is 14.6. The van der Waals surface area contributed by atoms with Gasteiger partial charge in [-0.1, -0.05) is 167 Å². The maximum atomic E-state index is 2.56. The average Bonchev–Trinajstić information content (AvgIpc) is 3.57. The first kappa shape index (κ1) is 31.3. The minimum absolute atomic E-state index is 0.116. The molecule has 11 rings (SSSR count). The van der Waals surface area contributed by atoms with Gasteiger partial charge in [-0.15, -0.1) is 0 Å². The summed E-state index contributed by atoms with van der Waals surface area (Å²) in [6.45, 7) is 9.60. The Morgan fingerprint density at radius 1 is 0.278 bits per heavy atom. The standard InChI is InChI=1S/C54H40/c1-53(2)47-20-12-10-18-39(47)41-29-43-45(31-49(41)53)52(38-27-24-34-16-8-9-17-37(34)28-38)46-32-50-42(40-19-11-13-21-48(40)54(50,3)4)30-44(46)51(43)36-25-22-35(23-26-36)33-14-6-5-7-15-33/h5-32H,1-4H3. The van der Waals surface area contributed by atoms with E-state index in [-0.39, 0.29) is 10.8 Å². The van der Waals surface area contributed by atoms with E-state index >= 15 is 0 Å². The van der Waals surface area contributed by atoms with Crippen molar-refractivity contribution in [2.24, 2.45) is 0 Å². The Morgan fingerprint density at radius 3 is 1.30 bits per heavy atom. The Hall–Kier alpha value is -6.24. The summed E-state index contributed by atoms with van der Waals surface area (Å²) in [6.07, 6.45) is 0. The van der Waals surface area contributed by atoms with Crippen LogP contribution in [-0.2, 0) is 10.8 Å². The molecule has 0 radical (unpaired) electrons. The lowest BCUT2D eigenvalue weighted by Gasteiger charge is -2.25. The van der Waals surface area contributed by atoms with Crippen molar-refractivity contribution in [3.8, 4) is 55.6 Å². The smallest absolute Gasteiger partial charge is 0.0159 e. The highest BCUT2D eigenvalue weighted by molar-refractivity contribution is 6.24. The molecule has 0 fully saturated rings. The van der Waals surface area contributed by atoms with Gasteiger partial charge in [-0.25, -0.2) is 0 Å². The van der Waals surface area contributed by atoms with Gasteiger partial charge in [0.15, 0.2) is 0 Å². The molecule has 256 valence electrons. The van der Waals surface area contributed by atoms with Crippen LogP contribution in [0, 0.1) is 0 Å². The summed E-state index contributed by atoms with van der Waals surface area (Å²) in [5, 5.41) is 7.75. The summed E-state index contributed by atoms with van der Waals surface area (Å²) in [7, 11) is 0. The Kier molecular flexibility index (Phi) is 6.46.